The van der Waals surface area contributed by atoms with Gasteiger partial charge in [-0.1, -0.05) is 19.8 Å². The van der Waals surface area contributed by atoms with Crippen molar-refractivity contribution in [3.8, 4) is 10.6 Å². The first kappa shape index (κ1) is 11.8. The number of unbranched alkanes of at least 4 members (excludes halogenated alkanes) is 1. The zero-order chi connectivity index (χ0) is 11.4. The fourth-order valence-corrected chi connectivity index (χ4v) is 3.14. The number of nitrogens with zero attached hydrogens (tertiary/aromatic N) is 1. The van der Waals surface area contributed by atoms with Gasteiger partial charge in [-0.3, -0.25) is 0 Å². The number of hydrogen-bond acceptors (Lipinski definition) is 4. The largest absolute Gasteiger partial charge is 0.323 e. The third-order valence-electron chi connectivity index (χ3n) is 2.54. The summed E-state index contributed by atoms with van der Waals surface area (Å²) in [6.45, 7) is 2.19. The number of rotatable bonds is 5. The van der Waals surface area contributed by atoms with Crippen molar-refractivity contribution in [3.63, 3.8) is 0 Å². The molecule has 0 saturated heterocycles. The first-order chi connectivity index (χ1) is 7.81. The van der Waals surface area contributed by atoms with Crippen molar-refractivity contribution < 1.29 is 0 Å². The van der Waals surface area contributed by atoms with Crippen LogP contribution in [-0.4, -0.2) is 4.98 Å². The van der Waals surface area contributed by atoms with Crippen LogP contribution < -0.4 is 5.73 Å². The van der Waals surface area contributed by atoms with E-state index in [1.807, 2.05) is 0 Å². The van der Waals surface area contributed by atoms with Gasteiger partial charge in [0.05, 0.1) is 5.69 Å². The molecule has 0 bridgehead atoms. The lowest BCUT2D eigenvalue weighted by Gasteiger charge is -2.06. The van der Waals surface area contributed by atoms with Crippen molar-refractivity contribution in [2.24, 2.45) is 5.73 Å². The van der Waals surface area contributed by atoms with Crippen molar-refractivity contribution in [2.45, 2.75) is 32.2 Å². The number of aromatic nitrogens is 1. The third-order valence-corrected chi connectivity index (χ3v) is 4.13. The second kappa shape index (κ2) is 5.57. The number of nitrogens with two attached hydrogens (primary N) is 1. The molecule has 16 heavy (non-hydrogen) atoms. The molecule has 0 fully saturated rings. The molecule has 0 spiro atoms. The van der Waals surface area contributed by atoms with E-state index in [0.717, 1.165) is 17.1 Å². The van der Waals surface area contributed by atoms with E-state index in [1.54, 1.807) is 22.7 Å². The van der Waals surface area contributed by atoms with Crippen LogP contribution in [-0.2, 0) is 0 Å². The molecule has 0 aliphatic carbocycles. The summed E-state index contributed by atoms with van der Waals surface area (Å²) in [6, 6.07) is 2.20. The Morgan fingerprint density at radius 2 is 2.31 bits per heavy atom. The second-order valence-electron chi connectivity index (χ2n) is 3.84. The van der Waals surface area contributed by atoms with Crippen LogP contribution in [0.3, 0.4) is 0 Å². The average molecular weight is 252 g/mol. The molecule has 0 saturated carbocycles. The molecule has 0 aliphatic rings. The van der Waals surface area contributed by atoms with Gasteiger partial charge in [0.15, 0.2) is 0 Å². The maximum absolute atomic E-state index is 6.09. The molecule has 4 heteroatoms. The highest BCUT2D eigenvalue weighted by Gasteiger charge is 2.11. The Labute approximate surface area is 104 Å². The second-order valence-corrected chi connectivity index (χ2v) is 5.48. The maximum atomic E-state index is 6.09. The Morgan fingerprint density at radius 3 is 3.00 bits per heavy atom. The first-order valence-corrected chi connectivity index (χ1v) is 7.37. The van der Waals surface area contributed by atoms with Crippen LogP contribution in [0, 0.1) is 0 Å². The third kappa shape index (κ3) is 2.70. The van der Waals surface area contributed by atoms with Crippen LogP contribution in [0.25, 0.3) is 10.6 Å². The predicted octanol–water partition coefficient (Wildman–Crippen LogP) is 4.06. The van der Waals surface area contributed by atoms with Crippen LogP contribution in [0.5, 0.6) is 0 Å². The quantitative estimate of drug-likeness (QED) is 0.871. The Balaban J connectivity index is 2.07. The minimum atomic E-state index is 0.101. The van der Waals surface area contributed by atoms with E-state index < -0.39 is 0 Å². The highest BCUT2D eigenvalue weighted by molar-refractivity contribution is 7.14. The van der Waals surface area contributed by atoms with Gasteiger partial charge in [-0.25, -0.2) is 4.98 Å². The SMILES string of the molecule is CCCCC(N)c1csc(-c2ccsc2)n1. The van der Waals surface area contributed by atoms with E-state index in [2.05, 4.69) is 34.1 Å². The van der Waals surface area contributed by atoms with Crippen LogP contribution in [0.1, 0.15) is 37.9 Å². The average Bonchev–Trinajstić information content (AvgIpc) is 2.94. The van der Waals surface area contributed by atoms with Crippen molar-refractivity contribution in [1.82, 2.24) is 4.98 Å². The molecule has 86 valence electrons. The van der Waals surface area contributed by atoms with E-state index >= 15 is 0 Å². The van der Waals surface area contributed by atoms with E-state index in [-0.39, 0.29) is 6.04 Å². The Hall–Kier alpha value is -0.710. The Bertz CT molecular complexity index is 420. The lowest BCUT2D eigenvalue weighted by Crippen LogP contribution is -2.10. The molecule has 0 radical (unpaired) electrons. The van der Waals surface area contributed by atoms with Gasteiger partial charge >= 0.3 is 0 Å². The molecule has 2 heterocycles. The predicted molar refractivity (Wildman–Crippen MR) is 71.9 cm³/mol. The van der Waals surface area contributed by atoms with Crippen molar-refractivity contribution >= 4 is 22.7 Å². The maximum Gasteiger partial charge on any atom is 0.124 e. The zero-order valence-corrected chi connectivity index (χ0v) is 11.0. The first-order valence-electron chi connectivity index (χ1n) is 5.55. The van der Waals surface area contributed by atoms with Gasteiger partial charge < -0.3 is 5.73 Å². The minimum absolute atomic E-state index is 0.101. The van der Waals surface area contributed by atoms with Gasteiger partial charge in [0.1, 0.15) is 5.01 Å². The standard InChI is InChI=1S/C12H16N2S2/c1-2-3-4-10(13)11-8-16-12(14-11)9-5-6-15-7-9/h5-8,10H,2-4,13H2,1H3. The molecule has 2 rings (SSSR count). The number of thiophene rings is 1. The van der Waals surface area contributed by atoms with Gasteiger partial charge in [-0.05, 0) is 17.9 Å². The monoisotopic (exact) mass is 252 g/mol. The van der Waals surface area contributed by atoms with E-state index in [4.69, 9.17) is 5.73 Å². The van der Waals surface area contributed by atoms with Gasteiger partial charge in [-0.15, -0.1) is 11.3 Å². The fraction of sp³-hybridized carbons (Fsp3) is 0.417. The molecule has 2 nitrogen and oxygen atoms in total. The number of thiazole rings is 1. The van der Waals surface area contributed by atoms with Gasteiger partial charge in [-0.2, -0.15) is 11.3 Å². The topological polar surface area (TPSA) is 38.9 Å². The molecule has 0 amide bonds. The molecule has 1 unspecified atom stereocenters. The van der Waals surface area contributed by atoms with E-state index in [9.17, 15) is 0 Å². The molecule has 2 aromatic heterocycles. The normalized spacial score (nSPS) is 12.9. The summed E-state index contributed by atoms with van der Waals surface area (Å²) >= 11 is 3.39. The van der Waals surface area contributed by atoms with Crippen molar-refractivity contribution in [3.05, 3.63) is 27.9 Å². The summed E-state index contributed by atoms with van der Waals surface area (Å²) < 4.78 is 0. The highest BCUT2D eigenvalue weighted by Crippen LogP contribution is 2.28. The van der Waals surface area contributed by atoms with E-state index in [0.29, 0.717) is 0 Å². The summed E-state index contributed by atoms with van der Waals surface area (Å²) in [5, 5.41) is 7.38. The Morgan fingerprint density at radius 1 is 1.44 bits per heavy atom. The minimum Gasteiger partial charge on any atom is -0.323 e. The summed E-state index contributed by atoms with van der Waals surface area (Å²) in [5.74, 6) is 0. The summed E-state index contributed by atoms with van der Waals surface area (Å²) in [5.41, 5.74) is 8.35. The summed E-state index contributed by atoms with van der Waals surface area (Å²) in [4.78, 5) is 4.61. The lowest BCUT2D eigenvalue weighted by atomic mass is 10.1. The molecule has 2 N–H and O–H groups in total. The fourth-order valence-electron chi connectivity index (χ4n) is 1.55. The summed E-state index contributed by atoms with van der Waals surface area (Å²) in [7, 11) is 0. The summed E-state index contributed by atoms with van der Waals surface area (Å²) in [6.07, 6.45) is 3.39. The molecule has 2 aromatic rings. The zero-order valence-electron chi connectivity index (χ0n) is 9.35. The smallest absolute Gasteiger partial charge is 0.124 e. The van der Waals surface area contributed by atoms with Crippen molar-refractivity contribution in [1.29, 1.82) is 0 Å². The molecular formula is C12H16N2S2. The molecular weight excluding hydrogens is 236 g/mol. The van der Waals surface area contributed by atoms with Crippen LogP contribution in [0.4, 0.5) is 0 Å². The molecule has 1 atom stereocenters. The lowest BCUT2D eigenvalue weighted by molar-refractivity contribution is 0.593. The number of hydrogen-bond donors (Lipinski definition) is 1. The van der Waals surface area contributed by atoms with Gasteiger partial charge in [0.2, 0.25) is 0 Å². The van der Waals surface area contributed by atoms with Crippen molar-refractivity contribution in [2.75, 3.05) is 0 Å². The van der Waals surface area contributed by atoms with Gasteiger partial charge in [0.25, 0.3) is 0 Å². The molecule has 0 aromatic carbocycles. The molecule has 0 aliphatic heterocycles. The van der Waals surface area contributed by atoms with E-state index in [1.165, 1.54) is 18.4 Å². The Kier molecular flexibility index (Phi) is 4.09. The highest BCUT2D eigenvalue weighted by atomic mass is 32.1. The van der Waals surface area contributed by atoms with Crippen LogP contribution in [0.15, 0.2) is 22.2 Å². The van der Waals surface area contributed by atoms with Gasteiger partial charge in [0, 0.05) is 22.4 Å². The van der Waals surface area contributed by atoms with Crippen LogP contribution in [0.2, 0.25) is 0 Å². The van der Waals surface area contributed by atoms with Crippen LogP contribution >= 0.6 is 22.7 Å².